The molecule has 20 heavy (non-hydrogen) atoms. The molecule has 2 aliphatic carbocycles. The van der Waals surface area contributed by atoms with Crippen LogP contribution in [0.4, 0.5) is 0 Å². The summed E-state index contributed by atoms with van der Waals surface area (Å²) in [6, 6.07) is 9.27. The number of benzene rings is 1. The largest absolute Gasteiger partial charge is 0.357 e. The van der Waals surface area contributed by atoms with Crippen LogP contribution in [0.3, 0.4) is 0 Å². The summed E-state index contributed by atoms with van der Waals surface area (Å²) in [7, 11) is 0. The van der Waals surface area contributed by atoms with Crippen molar-refractivity contribution in [3.8, 4) is 0 Å². The molecule has 1 aromatic carbocycles. The van der Waals surface area contributed by atoms with Gasteiger partial charge in [-0.3, -0.25) is 0 Å². The monoisotopic (exact) mass is 286 g/mol. The predicted molar refractivity (Wildman–Crippen MR) is 87.5 cm³/mol. The van der Waals surface area contributed by atoms with Crippen LogP contribution in [-0.2, 0) is 6.42 Å². The second-order valence-corrected chi connectivity index (χ2v) is 7.55. The molecule has 2 aromatic rings. The number of aryl methyl sites for hydroxylation is 1. The zero-order chi connectivity index (χ0) is 13.6. The highest BCUT2D eigenvalue weighted by molar-refractivity contribution is 8.00. The smallest absolute Gasteiger partial charge is 0.0476 e. The highest BCUT2D eigenvalue weighted by Crippen LogP contribution is 2.47. The molecule has 0 saturated heterocycles. The van der Waals surface area contributed by atoms with Gasteiger partial charge in [-0.05, 0) is 50.0 Å². The van der Waals surface area contributed by atoms with Crippen molar-refractivity contribution in [2.75, 3.05) is 12.8 Å². The van der Waals surface area contributed by atoms with Crippen molar-refractivity contribution in [3.63, 3.8) is 0 Å². The fraction of sp³-hybridized carbons (Fsp3) is 0.529. The van der Waals surface area contributed by atoms with E-state index in [2.05, 4.69) is 40.8 Å². The average Bonchev–Trinajstić information content (AvgIpc) is 3.18. The van der Waals surface area contributed by atoms with Crippen LogP contribution in [0.2, 0.25) is 0 Å². The molecule has 1 unspecified atom stereocenters. The Kier molecular flexibility index (Phi) is 3.08. The summed E-state index contributed by atoms with van der Waals surface area (Å²) in [6.45, 7) is 1.16. The Morgan fingerprint density at radius 2 is 2.20 bits per heavy atom. The molecule has 2 N–H and O–H groups in total. The van der Waals surface area contributed by atoms with Crippen molar-refractivity contribution in [1.82, 2.24) is 10.3 Å². The summed E-state index contributed by atoms with van der Waals surface area (Å²) in [5.74, 6) is 0. The second kappa shape index (κ2) is 4.81. The van der Waals surface area contributed by atoms with E-state index in [1.807, 2.05) is 11.8 Å². The summed E-state index contributed by atoms with van der Waals surface area (Å²) in [5.41, 5.74) is 4.31. The number of hydrogen-bond acceptors (Lipinski definition) is 2. The molecule has 0 amide bonds. The van der Waals surface area contributed by atoms with Gasteiger partial charge in [0.25, 0.3) is 0 Å². The van der Waals surface area contributed by atoms with Crippen LogP contribution in [0.15, 0.2) is 24.3 Å². The first-order chi connectivity index (χ1) is 9.81. The van der Waals surface area contributed by atoms with E-state index < -0.39 is 0 Å². The standard InChI is InChI=1S/C17H22N2S/c1-20-17(9-10-17)11-18-15-8-4-6-13-12-5-2-3-7-14(12)19-16(13)15/h2-3,5,7,15,18-19H,4,6,8-11H2,1H3. The summed E-state index contributed by atoms with van der Waals surface area (Å²) in [6.07, 6.45) is 8.82. The summed E-state index contributed by atoms with van der Waals surface area (Å²) in [4.78, 5) is 3.67. The molecule has 1 fully saturated rings. The van der Waals surface area contributed by atoms with Crippen molar-refractivity contribution in [2.45, 2.75) is 42.9 Å². The van der Waals surface area contributed by atoms with Crippen LogP contribution in [0, 0.1) is 0 Å². The normalized spacial score (nSPS) is 23.8. The van der Waals surface area contributed by atoms with E-state index in [0.29, 0.717) is 10.8 Å². The lowest BCUT2D eigenvalue weighted by Gasteiger charge is -2.26. The lowest BCUT2D eigenvalue weighted by Crippen LogP contribution is -2.32. The lowest BCUT2D eigenvalue weighted by atomic mass is 9.91. The number of aromatic nitrogens is 1. The van der Waals surface area contributed by atoms with E-state index in [1.165, 1.54) is 48.7 Å². The van der Waals surface area contributed by atoms with E-state index in [0.717, 1.165) is 6.54 Å². The van der Waals surface area contributed by atoms with Gasteiger partial charge < -0.3 is 10.3 Å². The summed E-state index contributed by atoms with van der Waals surface area (Å²) >= 11 is 2.04. The predicted octanol–water partition coefficient (Wildman–Crippen LogP) is 4.03. The molecule has 3 heteroatoms. The zero-order valence-corrected chi connectivity index (χ0v) is 12.9. The van der Waals surface area contributed by atoms with Gasteiger partial charge >= 0.3 is 0 Å². The van der Waals surface area contributed by atoms with Gasteiger partial charge in [0.15, 0.2) is 0 Å². The highest BCUT2D eigenvalue weighted by atomic mass is 32.2. The third kappa shape index (κ3) is 2.08. The van der Waals surface area contributed by atoms with Crippen LogP contribution >= 0.6 is 11.8 Å². The maximum absolute atomic E-state index is 3.84. The minimum absolute atomic E-state index is 0.524. The van der Waals surface area contributed by atoms with Crippen LogP contribution in [0.5, 0.6) is 0 Å². The number of thioether (sulfide) groups is 1. The van der Waals surface area contributed by atoms with Crippen molar-refractivity contribution in [2.24, 2.45) is 0 Å². The summed E-state index contributed by atoms with van der Waals surface area (Å²) in [5, 5.41) is 5.27. The molecule has 0 spiro atoms. The molecule has 0 aliphatic heterocycles. The first kappa shape index (κ1) is 12.8. The number of H-pyrrole nitrogens is 1. The topological polar surface area (TPSA) is 27.8 Å². The van der Waals surface area contributed by atoms with Gasteiger partial charge in [-0.2, -0.15) is 11.8 Å². The van der Waals surface area contributed by atoms with Crippen LogP contribution in [-0.4, -0.2) is 22.5 Å². The third-order valence-electron chi connectivity index (χ3n) is 5.03. The number of aromatic amines is 1. The maximum Gasteiger partial charge on any atom is 0.0476 e. The summed E-state index contributed by atoms with van der Waals surface area (Å²) < 4.78 is 0.545. The Balaban J connectivity index is 1.61. The van der Waals surface area contributed by atoms with Crippen molar-refractivity contribution >= 4 is 22.7 Å². The molecule has 1 saturated carbocycles. The Hall–Kier alpha value is -0.930. The molecule has 4 rings (SSSR count). The van der Waals surface area contributed by atoms with Crippen molar-refractivity contribution in [3.05, 3.63) is 35.5 Å². The van der Waals surface area contributed by atoms with Gasteiger partial charge in [-0.15, -0.1) is 0 Å². The molecule has 0 bridgehead atoms. The van der Waals surface area contributed by atoms with E-state index in [-0.39, 0.29) is 0 Å². The SMILES string of the molecule is CSC1(CNC2CCCc3c2[nH]c2ccccc32)CC1. The van der Waals surface area contributed by atoms with Crippen molar-refractivity contribution < 1.29 is 0 Å². The number of para-hydroxylation sites is 1. The van der Waals surface area contributed by atoms with Gasteiger partial charge in [0.1, 0.15) is 0 Å². The third-order valence-corrected chi connectivity index (χ3v) is 6.44. The zero-order valence-electron chi connectivity index (χ0n) is 12.0. The van der Waals surface area contributed by atoms with E-state index in [9.17, 15) is 0 Å². The first-order valence-electron chi connectivity index (χ1n) is 7.69. The quantitative estimate of drug-likeness (QED) is 0.888. The molecule has 1 aromatic heterocycles. The molecule has 106 valence electrons. The van der Waals surface area contributed by atoms with Crippen LogP contribution in [0.25, 0.3) is 10.9 Å². The average molecular weight is 286 g/mol. The Labute approximate surface area is 124 Å². The minimum Gasteiger partial charge on any atom is -0.357 e. The first-order valence-corrected chi connectivity index (χ1v) is 8.92. The van der Waals surface area contributed by atoms with E-state index in [4.69, 9.17) is 0 Å². The molecular formula is C17H22N2S. The van der Waals surface area contributed by atoms with Crippen molar-refractivity contribution in [1.29, 1.82) is 0 Å². The highest BCUT2D eigenvalue weighted by Gasteiger charge is 2.42. The van der Waals surface area contributed by atoms with Crippen LogP contribution in [0.1, 0.15) is 43.0 Å². The van der Waals surface area contributed by atoms with Gasteiger partial charge in [0, 0.05) is 33.9 Å². The second-order valence-electron chi connectivity index (χ2n) is 6.28. The fourth-order valence-corrected chi connectivity index (χ4v) is 4.26. The van der Waals surface area contributed by atoms with Gasteiger partial charge in [0.05, 0.1) is 0 Å². The van der Waals surface area contributed by atoms with Gasteiger partial charge in [0.2, 0.25) is 0 Å². The Morgan fingerprint density at radius 3 is 3.00 bits per heavy atom. The van der Waals surface area contributed by atoms with E-state index >= 15 is 0 Å². The Morgan fingerprint density at radius 1 is 1.35 bits per heavy atom. The lowest BCUT2D eigenvalue weighted by molar-refractivity contribution is 0.451. The molecular weight excluding hydrogens is 264 g/mol. The number of rotatable bonds is 4. The maximum atomic E-state index is 3.84. The fourth-order valence-electron chi connectivity index (χ4n) is 3.52. The van der Waals surface area contributed by atoms with Gasteiger partial charge in [-0.25, -0.2) is 0 Å². The molecule has 1 heterocycles. The van der Waals surface area contributed by atoms with Crippen LogP contribution < -0.4 is 5.32 Å². The van der Waals surface area contributed by atoms with E-state index in [1.54, 1.807) is 5.56 Å². The number of fused-ring (bicyclic) bond motifs is 3. The molecule has 0 radical (unpaired) electrons. The Bertz CT molecular complexity index is 627. The molecule has 2 nitrogen and oxygen atoms in total. The minimum atomic E-state index is 0.524. The molecule has 1 atom stereocenters. The number of nitrogens with one attached hydrogen (secondary N) is 2. The van der Waals surface area contributed by atoms with Gasteiger partial charge in [-0.1, -0.05) is 18.2 Å². The number of hydrogen-bond donors (Lipinski definition) is 2. The molecule has 2 aliphatic rings.